The lowest BCUT2D eigenvalue weighted by atomic mass is 10.2. The van der Waals surface area contributed by atoms with Crippen molar-refractivity contribution >= 4 is 32.9 Å². The van der Waals surface area contributed by atoms with Crippen LogP contribution in [0.1, 0.15) is 5.56 Å². The average Bonchev–Trinajstić information content (AvgIpc) is 2.75. The molecule has 0 aliphatic rings. The van der Waals surface area contributed by atoms with E-state index in [4.69, 9.17) is 18.0 Å². The molecule has 0 radical (unpaired) electrons. The van der Waals surface area contributed by atoms with Gasteiger partial charge in [0.2, 0.25) is 0 Å². The molecule has 0 aliphatic heterocycles. The first-order valence-electron chi connectivity index (χ1n) is 5.41. The first kappa shape index (κ1) is 14.4. The Morgan fingerprint density at radius 2 is 2.20 bits per heavy atom. The van der Waals surface area contributed by atoms with Crippen molar-refractivity contribution in [3.05, 3.63) is 42.0 Å². The van der Waals surface area contributed by atoms with Crippen molar-refractivity contribution in [2.75, 3.05) is 4.72 Å². The van der Waals surface area contributed by atoms with Gasteiger partial charge < -0.3 is 5.73 Å². The molecule has 0 saturated carbocycles. The summed E-state index contributed by atoms with van der Waals surface area (Å²) in [6.07, 6.45) is 2.50. The van der Waals surface area contributed by atoms with Gasteiger partial charge in [0.05, 0.1) is 17.4 Å². The third kappa shape index (κ3) is 2.78. The standard InChI is InChI=1S/C11H11FN4O2S2/c1-16-6-7(5-14-16)20(17,18)15-9-4-2-3-8(12)10(9)11(13)19/h2-6,15H,1H3,(H2,13,19). The van der Waals surface area contributed by atoms with E-state index in [9.17, 15) is 12.8 Å². The van der Waals surface area contributed by atoms with E-state index in [-0.39, 0.29) is 21.1 Å². The third-order valence-corrected chi connectivity index (χ3v) is 4.02. The lowest BCUT2D eigenvalue weighted by Crippen LogP contribution is -2.19. The van der Waals surface area contributed by atoms with Crippen molar-refractivity contribution < 1.29 is 12.8 Å². The molecule has 0 spiro atoms. The Hall–Kier alpha value is -2.00. The molecule has 20 heavy (non-hydrogen) atoms. The molecule has 0 fully saturated rings. The fraction of sp³-hybridized carbons (Fsp3) is 0.0909. The predicted molar refractivity (Wildman–Crippen MR) is 76.3 cm³/mol. The summed E-state index contributed by atoms with van der Waals surface area (Å²) >= 11 is 4.73. The molecule has 0 bridgehead atoms. The quantitative estimate of drug-likeness (QED) is 0.822. The van der Waals surface area contributed by atoms with Gasteiger partial charge in [-0.15, -0.1) is 0 Å². The first-order valence-corrected chi connectivity index (χ1v) is 7.30. The number of benzene rings is 1. The SMILES string of the molecule is Cn1cc(S(=O)(=O)Nc2cccc(F)c2C(N)=S)cn1. The van der Waals surface area contributed by atoms with Crippen molar-refractivity contribution in [2.24, 2.45) is 12.8 Å². The number of sulfonamides is 1. The number of thiocarbonyl (C=S) groups is 1. The van der Waals surface area contributed by atoms with Crippen molar-refractivity contribution in [1.82, 2.24) is 9.78 Å². The van der Waals surface area contributed by atoms with Crippen LogP contribution in [0.3, 0.4) is 0 Å². The van der Waals surface area contributed by atoms with Crippen molar-refractivity contribution in [1.29, 1.82) is 0 Å². The Kier molecular flexibility index (Phi) is 3.73. The molecule has 1 aromatic carbocycles. The minimum absolute atomic E-state index is 0.0126. The molecule has 0 aliphatic carbocycles. The largest absolute Gasteiger partial charge is 0.389 e. The molecular formula is C11H11FN4O2S2. The minimum Gasteiger partial charge on any atom is -0.389 e. The summed E-state index contributed by atoms with van der Waals surface area (Å²) in [6.45, 7) is 0. The molecule has 3 N–H and O–H groups in total. The summed E-state index contributed by atoms with van der Waals surface area (Å²) in [6, 6.07) is 3.89. The van der Waals surface area contributed by atoms with Gasteiger partial charge in [-0.25, -0.2) is 12.8 Å². The molecule has 2 rings (SSSR count). The van der Waals surface area contributed by atoms with Gasteiger partial charge in [-0.05, 0) is 12.1 Å². The Morgan fingerprint density at radius 3 is 2.75 bits per heavy atom. The number of nitrogens with zero attached hydrogens (tertiary/aromatic N) is 2. The Morgan fingerprint density at radius 1 is 1.50 bits per heavy atom. The Bertz CT molecular complexity index is 770. The van der Waals surface area contributed by atoms with Gasteiger partial charge >= 0.3 is 0 Å². The number of anilines is 1. The number of rotatable bonds is 4. The van der Waals surface area contributed by atoms with E-state index >= 15 is 0 Å². The van der Waals surface area contributed by atoms with Crippen LogP contribution in [-0.4, -0.2) is 23.2 Å². The topological polar surface area (TPSA) is 90.0 Å². The normalized spacial score (nSPS) is 11.3. The fourth-order valence-corrected chi connectivity index (χ4v) is 2.86. The molecule has 9 heteroatoms. The van der Waals surface area contributed by atoms with Gasteiger partial charge in [0.15, 0.2) is 0 Å². The van der Waals surface area contributed by atoms with Crippen molar-refractivity contribution in [3.8, 4) is 0 Å². The molecule has 0 atom stereocenters. The second kappa shape index (κ2) is 5.17. The van der Waals surface area contributed by atoms with E-state index in [0.717, 1.165) is 6.07 Å². The summed E-state index contributed by atoms with van der Waals surface area (Å²) in [5.74, 6) is -0.691. The van der Waals surface area contributed by atoms with Crippen molar-refractivity contribution in [2.45, 2.75) is 4.90 Å². The summed E-state index contributed by atoms with van der Waals surface area (Å²) in [5.41, 5.74) is 5.26. The second-order valence-corrected chi connectivity index (χ2v) is 6.10. The van der Waals surface area contributed by atoms with Gasteiger partial charge in [-0.2, -0.15) is 5.10 Å². The van der Waals surface area contributed by atoms with Gasteiger partial charge in [-0.3, -0.25) is 9.40 Å². The van der Waals surface area contributed by atoms with Crippen molar-refractivity contribution in [3.63, 3.8) is 0 Å². The number of hydrogen-bond donors (Lipinski definition) is 2. The van der Waals surface area contributed by atoms with Crippen LogP contribution in [0.2, 0.25) is 0 Å². The summed E-state index contributed by atoms with van der Waals surface area (Å²) in [4.78, 5) is -0.273. The number of hydrogen-bond acceptors (Lipinski definition) is 4. The smallest absolute Gasteiger partial charge is 0.265 e. The van der Waals surface area contributed by atoms with Crippen LogP contribution < -0.4 is 10.5 Å². The Labute approximate surface area is 120 Å². The number of aryl methyl sites for hydroxylation is 1. The van der Waals surface area contributed by atoms with E-state index in [1.54, 1.807) is 7.05 Å². The molecule has 106 valence electrons. The molecule has 1 aromatic heterocycles. The summed E-state index contributed by atoms with van der Waals surface area (Å²) in [7, 11) is -2.30. The van der Waals surface area contributed by atoms with Crippen LogP contribution in [0.5, 0.6) is 0 Å². The summed E-state index contributed by atoms with van der Waals surface area (Å²) < 4.78 is 41.5. The van der Waals surface area contributed by atoms with Gasteiger partial charge in [0.1, 0.15) is 15.7 Å². The number of halogens is 1. The molecule has 0 amide bonds. The molecule has 2 aromatic rings. The third-order valence-electron chi connectivity index (χ3n) is 2.50. The molecular weight excluding hydrogens is 303 g/mol. The molecule has 6 nitrogen and oxygen atoms in total. The first-order chi connectivity index (χ1) is 9.31. The number of aromatic nitrogens is 2. The molecule has 1 heterocycles. The van der Waals surface area contributed by atoms with Crippen LogP contribution >= 0.6 is 12.2 Å². The van der Waals surface area contributed by atoms with Crippen LogP contribution in [0.15, 0.2) is 35.5 Å². The zero-order chi connectivity index (χ0) is 14.9. The monoisotopic (exact) mass is 314 g/mol. The zero-order valence-corrected chi connectivity index (χ0v) is 12.0. The average molecular weight is 314 g/mol. The molecule has 0 unspecified atom stereocenters. The maximum atomic E-state index is 13.7. The maximum Gasteiger partial charge on any atom is 0.265 e. The minimum atomic E-state index is -3.88. The van der Waals surface area contributed by atoms with E-state index in [0.29, 0.717) is 0 Å². The summed E-state index contributed by atoms with van der Waals surface area (Å²) in [5, 5.41) is 3.77. The van der Waals surface area contributed by atoms with Crippen LogP contribution in [0, 0.1) is 5.82 Å². The Balaban J connectivity index is 2.45. The van der Waals surface area contributed by atoms with Gasteiger partial charge in [0.25, 0.3) is 10.0 Å². The van der Waals surface area contributed by atoms with Crippen LogP contribution in [0.4, 0.5) is 10.1 Å². The highest BCUT2D eigenvalue weighted by Crippen LogP contribution is 2.22. The van der Waals surface area contributed by atoms with E-state index in [1.165, 1.54) is 29.2 Å². The van der Waals surface area contributed by atoms with Crippen LogP contribution in [0.25, 0.3) is 0 Å². The van der Waals surface area contributed by atoms with Gasteiger partial charge in [-0.1, -0.05) is 18.3 Å². The highest BCUT2D eigenvalue weighted by molar-refractivity contribution is 7.92. The number of nitrogens with two attached hydrogens (primary N) is 1. The second-order valence-electron chi connectivity index (χ2n) is 3.98. The van der Waals surface area contributed by atoms with Gasteiger partial charge in [0, 0.05) is 13.2 Å². The zero-order valence-electron chi connectivity index (χ0n) is 10.4. The predicted octanol–water partition coefficient (Wildman–Crippen LogP) is 0.994. The van der Waals surface area contributed by atoms with E-state index in [1.807, 2.05) is 0 Å². The lowest BCUT2D eigenvalue weighted by Gasteiger charge is -2.11. The van der Waals surface area contributed by atoms with Crippen LogP contribution in [-0.2, 0) is 17.1 Å². The molecule has 0 saturated heterocycles. The van der Waals surface area contributed by atoms with E-state index < -0.39 is 15.8 Å². The lowest BCUT2D eigenvalue weighted by molar-refractivity contribution is 0.601. The maximum absolute atomic E-state index is 13.7. The highest BCUT2D eigenvalue weighted by Gasteiger charge is 2.20. The fourth-order valence-electron chi connectivity index (χ4n) is 1.60. The number of nitrogens with one attached hydrogen (secondary N) is 1. The highest BCUT2D eigenvalue weighted by atomic mass is 32.2. The van der Waals surface area contributed by atoms with E-state index in [2.05, 4.69) is 9.82 Å².